The Labute approximate surface area is 140 Å². The minimum Gasteiger partial charge on any atom is -0.388 e. The summed E-state index contributed by atoms with van der Waals surface area (Å²) in [7, 11) is 0. The van der Waals surface area contributed by atoms with Crippen LogP contribution in [-0.2, 0) is 0 Å². The first kappa shape index (κ1) is 16.8. The van der Waals surface area contributed by atoms with Crippen LogP contribution in [0, 0.1) is 0 Å². The van der Waals surface area contributed by atoms with E-state index in [0.717, 1.165) is 12.2 Å². The second kappa shape index (κ2) is 6.46. The molecule has 5 atom stereocenters. The van der Waals surface area contributed by atoms with E-state index in [0.29, 0.717) is 5.16 Å². The topological polar surface area (TPSA) is 137 Å². The van der Waals surface area contributed by atoms with Gasteiger partial charge in [0.15, 0.2) is 21.5 Å². The molecule has 0 saturated heterocycles. The minimum absolute atomic E-state index is 0.114. The Morgan fingerprint density at radius 3 is 2.35 bits per heavy atom. The van der Waals surface area contributed by atoms with Crippen molar-refractivity contribution >= 4 is 34.5 Å². The Kier molecular flexibility index (Phi) is 4.72. The maximum Gasteiger partial charge on any atom is 0.191 e. The van der Waals surface area contributed by atoms with Gasteiger partial charge in [-0.05, 0) is 6.42 Å². The summed E-state index contributed by atoms with van der Waals surface area (Å²) in [6, 6.07) is -1.08. The molecule has 1 saturated carbocycles. The highest BCUT2D eigenvalue weighted by Gasteiger charge is 2.50. The molecule has 0 aliphatic heterocycles. The largest absolute Gasteiger partial charge is 0.388 e. The molecule has 0 radical (unpaired) electrons. The molecule has 1 fully saturated rings. The third-order valence-corrected chi connectivity index (χ3v) is 5.04. The number of nitrogens with zero attached hydrogens (tertiary/aromatic N) is 5. The van der Waals surface area contributed by atoms with Gasteiger partial charge in [0.2, 0.25) is 0 Å². The summed E-state index contributed by atoms with van der Waals surface area (Å²) in [6.45, 7) is 2.02. The van der Waals surface area contributed by atoms with E-state index in [-0.39, 0.29) is 16.3 Å². The van der Waals surface area contributed by atoms with Crippen LogP contribution in [0.1, 0.15) is 19.4 Å². The second-order valence-corrected chi connectivity index (χ2v) is 6.72. The van der Waals surface area contributed by atoms with Crippen LogP contribution in [0.5, 0.6) is 0 Å². The lowest BCUT2D eigenvalue weighted by Gasteiger charge is -2.18. The summed E-state index contributed by atoms with van der Waals surface area (Å²) in [6.07, 6.45) is -4.86. The average Bonchev–Trinajstić information content (AvgIpc) is 3.02. The van der Waals surface area contributed by atoms with Gasteiger partial charge in [-0.1, -0.05) is 35.5 Å². The van der Waals surface area contributed by atoms with Gasteiger partial charge < -0.3 is 20.4 Å². The quantitative estimate of drug-likeness (QED) is 0.318. The second-order valence-electron chi connectivity index (χ2n) is 5.30. The molecule has 9 nitrogen and oxygen atoms in total. The summed E-state index contributed by atoms with van der Waals surface area (Å²) in [5.74, 6) is 0.801. The Balaban J connectivity index is 2.06. The highest BCUT2D eigenvalue weighted by Crippen LogP contribution is 2.33. The van der Waals surface area contributed by atoms with E-state index in [1.54, 1.807) is 0 Å². The maximum atomic E-state index is 10.1. The van der Waals surface area contributed by atoms with Gasteiger partial charge >= 0.3 is 0 Å². The van der Waals surface area contributed by atoms with Crippen LogP contribution in [-0.4, -0.2) is 75.6 Å². The fraction of sp³-hybridized carbons (Fsp3) is 0.667. The van der Waals surface area contributed by atoms with E-state index in [9.17, 15) is 20.4 Å². The molecule has 0 spiro atoms. The number of aliphatic hydroxyl groups excluding tert-OH is 4. The Morgan fingerprint density at radius 2 is 1.74 bits per heavy atom. The lowest BCUT2D eigenvalue weighted by molar-refractivity contribution is -0.0413. The molecule has 2 heterocycles. The highest BCUT2D eigenvalue weighted by molar-refractivity contribution is 7.99. The third-order valence-electron chi connectivity index (χ3n) is 3.73. The molecule has 1 aliphatic carbocycles. The van der Waals surface area contributed by atoms with Crippen molar-refractivity contribution in [1.82, 2.24) is 25.0 Å². The normalized spacial score (nSPS) is 31.1. The molecule has 0 aromatic carbocycles. The molecule has 23 heavy (non-hydrogen) atoms. The van der Waals surface area contributed by atoms with Crippen molar-refractivity contribution in [3.8, 4) is 0 Å². The summed E-state index contributed by atoms with van der Waals surface area (Å²) < 4.78 is 1.17. The van der Waals surface area contributed by atoms with Gasteiger partial charge in [0.1, 0.15) is 30.5 Å². The van der Waals surface area contributed by atoms with E-state index in [1.165, 1.54) is 16.4 Å². The lowest BCUT2D eigenvalue weighted by Crippen LogP contribution is -2.32. The fourth-order valence-electron chi connectivity index (χ4n) is 2.54. The van der Waals surface area contributed by atoms with E-state index >= 15 is 0 Å². The molecular weight excluding hydrogens is 346 g/mol. The monoisotopic (exact) mass is 361 g/mol. The Bertz CT molecular complexity index is 702. The van der Waals surface area contributed by atoms with Gasteiger partial charge in [-0.2, -0.15) is 0 Å². The van der Waals surface area contributed by atoms with Crippen LogP contribution >= 0.6 is 23.4 Å². The number of thioether (sulfide) groups is 1. The molecule has 4 N–H and O–H groups in total. The Morgan fingerprint density at radius 1 is 1.09 bits per heavy atom. The number of aromatic nitrogens is 5. The van der Waals surface area contributed by atoms with Crippen molar-refractivity contribution < 1.29 is 20.4 Å². The number of hydrogen-bond donors (Lipinski definition) is 4. The van der Waals surface area contributed by atoms with Crippen LogP contribution in [0.2, 0.25) is 5.15 Å². The highest BCUT2D eigenvalue weighted by atomic mass is 35.5. The van der Waals surface area contributed by atoms with Gasteiger partial charge in [0.25, 0.3) is 0 Å². The first-order chi connectivity index (χ1) is 11.0. The number of rotatable bonds is 4. The zero-order valence-corrected chi connectivity index (χ0v) is 13.7. The van der Waals surface area contributed by atoms with E-state index in [4.69, 9.17) is 11.6 Å². The number of fused-ring (bicyclic) bond motifs is 1. The van der Waals surface area contributed by atoms with Crippen molar-refractivity contribution in [3.63, 3.8) is 0 Å². The van der Waals surface area contributed by atoms with Crippen LogP contribution < -0.4 is 0 Å². The van der Waals surface area contributed by atoms with Crippen LogP contribution in [0.4, 0.5) is 0 Å². The molecule has 2 aromatic heterocycles. The molecule has 2 aromatic rings. The zero-order valence-electron chi connectivity index (χ0n) is 12.1. The molecule has 0 amide bonds. The summed E-state index contributed by atoms with van der Waals surface area (Å²) in [4.78, 5) is 8.44. The molecular formula is C12H16ClN5O4S. The van der Waals surface area contributed by atoms with E-state index in [2.05, 4.69) is 20.3 Å². The number of hydrogen-bond acceptors (Lipinski definition) is 9. The van der Waals surface area contributed by atoms with E-state index < -0.39 is 30.5 Å². The molecule has 1 unspecified atom stereocenters. The molecule has 126 valence electrons. The smallest absolute Gasteiger partial charge is 0.191 e. The SMILES string of the molecule is CCCSc1nc(Cl)c2nnn(C3[C@@H](O)[C@H](O)[C@@H](O)[C@H]3O)c2n1. The predicted molar refractivity (Wildman–Crippen MR) is 82.2 cm³/mol. The number of halogens is 1. The maximum absolute atomic E-state index is 10.1. The molecule has 3 rings (SSSR count). The average molecular weight is 362 g/mol. The first-order valence-electron chi connectivity index (χ1n) is 7.09. The standard InChI is InChI=1S/C12H16ClN5O4S/c1-2-3-23-12-14-10(13)4-11(15-12)18(17-16-4)5-6(19)8(21)9(22)7(5)20/h5-9,19-22H,2-3H2,1H3/t5?,6-,7+,8-,9-/m0/s1. The lowest BCUT2D eigenvalue weighted by atomic mass is 10.2. The van der Waals surface area contributed by atoms with Crippen molar-refractivity contribution in [2.45, 2.75) is 49.0 Å². The van der Waals surface area contributed by atoms with Gasteiger partial charge in [0, 0.05) is 5.75 Å². The zero-order chi connectivity index (χ0) is 16.7. The van der Waals surface area contributed by atoms with E-state index in [1.807, 2.05) is 6.92 Å². The molecule has 0 bridgehead atoms. The minimum atomic E-state index is -1.49. The Hall–Kier alpha value is -1.04. The fourth-order valence-corrected chi connectivity index (χ4v) is 3.48. The van der Waals surface area contributed by atoms with Gasteiger partial charge in [-0.3, -0.25) is 0 Å². The summed E-state index contributed by atoms with van der Waals surface area (Å²) >= 11 is 7.49. The van der Waals surface area contributed by atoms with Crippen molar-refractivity contribution in [1.29, 1.82) is 0 Å². The summed E-state index contributed by atoms with van der Waals surface area (Å²) in [5, 5.41) is 47.8. The van der Waals surface area contributed by atoms with Crippen molar-refractivity contribution in [3.05, 3.63) is 5.15 Å². The van der Waals surface area contributed by atoms with Crippen molar-refractivity contribution in [2.75, 3.05) is 5.75 Å². The van der Waals surface area contributed by atoms with Crippen LogP contribution in [0.3, 0.4) is 0 Å². The van der Waals surface area contributed by atoms with Crippen LogP contribution in [0.25, 0.3) is 11.2 Å². The first-order valence-corrected chi connectivity index (χ1v) is 8.45. The summed E-state index contributed by atoms with van der Waals surface area (Å²) in [5.41, 5.74) is 0.454. The predicted octanol–water partition coefficient (Wildman–Crippen LogP) is -0.625. The number of aliphatic hydroxyl groups is 4. The molecule has 1 aliphatic rings. The third kappa shape index (κ3) is 2.79. The van der Waals surface area contributed by atoms with Crippen LogP contribution in [0.15, 0.2) is 5.16 Å². The van der Waals surface area contributed by atoms with Gasteiger partial charge in [-0.15, -0.1) is 5.10 Å². The van der Waals surface area contributed by atoms with Gasteiger partial charge in [0.05, 0.1) is 0 Å². The molecule has 11 heteroatoms. The van der Waals surface area contributed by atoms with Crippen molar-refractivity contribution in [2.24, 2.45) is 0 Å². The van der Waals surface area contributed by atoms with Gasteiger partial charge in [-0.25, -0.2) is 14.6 Å².